The quantitative estimate of drug-likeness (QED) is 0.318. The predicted octanol–water partition coefficient (Wildman–Crippen LogP) is -0.594. The Labute approximate surface area is 183 Å². The third-order valence-corrected chi connectivity index (χ3v) is 6.36. The number of imidazole rings is 2. The highest BCUT2D eigenvalue weighted by Crippen LogP contribution is 2.19. The first-order chi connectivity index (χ1) is 14.1. The van der Waals surface area contributed by atoms with Gasteiger partial charge in [0.1, 0.15) is 0 Å². The molecular weight excluding hydrogens is 528 g/mol. The smallest absolute Gasteiger partial charge is 0.311 e. The van der Waals surface area contributed by atoms with Crippen LogP contribution in [0.1, 0.15) is 0 Å². The van der Waals surface area contributed by atoms with Crippen molar-refractivity contribution in [2.75, 3.05) is 0 Å². The monoisotopic (exact) mass is 542 g/mol. The van der Waals surface area contributed by atoms with Crippen molar-refractivity contribution in [3.05, 3.63) is 51.1 Å². The maximum absolute atomic E-state index is 12.7. The first-order valence-corrected chi connectivity index (χ1v) is 10.3. The summed E-state index contributed by atoms with van der Waals surface area (Å²) in [5.41, 5.74) is -0.876. The van der Waals surface area contributed by atoms with Crippen molar-refractivity contribution in [1.29, 1.82) is 0 Å². The Kier molecular flexibility index (Phi) is 4.73. The summed E-state index contributed by atoms with van der Waals surface area (Å²) in [4.78, 5) is 58.3. The van der Waals surface area contributed by atoms with Crippen LogP contribution in [-0.4, -0.2) is 37.4 Å². The average molecular weight is 544 g/mol. The van der Waals surface area contributed by atoms with E-state index in [0.29, 0.717) is 9.47 Å². The first-order valence-electron chi connectivity index (χ1n) is 8.69. The van der Waals surface area contributed by atoms with Gasteiger partial charge in [-0.25, -0.2) is 19.6 Å². The Morgan fingerprint density at radius 2 is 0.967 bits per heavy atom. The molecule has 0 amide bonds. The van der Waals surface area contributed by atoms with Crippen LogP contribution in [0.3, 0.4) is 0 Å². The van der Waals surface area contributed by atoms with Crippen molar-refractivity contribution in [3.8, 4) is 0 Å². The fourth-order valence-electron chi connectivity index (χ4n) is 3.45. The van der Waals surface area contributed by atoms with Crippen LogP contribution in [0.4, 0.5) is 0 Å². The van der Waals surface area contributed by atoms with E-state index >= 15 is 0 Å². The second kappa shape index (κ2) is 6.91. The Balaban J connectivity index is 1.90. The number of nitrogens with zero attached hydrogens (tertiary/aromatic N) is 8. The van der Waals surface area contributed by atoms with E-state index in [9.17, 15) is 19.2 Å². The van der Waals surface area contributed by atoms with E-state index in [2.05, 4.69) is 41.8 Å². The molecule has 0 aliphatic rings. The van der Waals surface area contributed by atoms with Crippen LogP contribution in [0.2, 0.25) is 0 Å². The van der Waals surface area contributed by atoms with Crippen LogP contribution < -0.4 is 22.5 Å². The van der Waals surface area contributed by atoms with Gasteiger partial charge in [0.15, 0.2) is 31.8 Å². The lowest BCUT2D eigenvalue weighted by atomic mass is 10.4. The summed E-state index contributed by atoms with van der Waals surface area (Å²) in [7, 11) is 5.88. The number of hydrogen-bond donors (Lipinski definition) is 0. The molecule has 4 heterocycles. The molecule has 14 heteroatoms. The van der Waals surface area contributed by atoms with Crippen molar-refractivity contribution >= 4 is 54.2 Å². The molecule has 0 N–H and O–H groups in total. The molecular formula is C16H16Br2N8O4. The normalized spacial score (nSPS) is 11.8. The highest BCUT2D eigenvalue weighted by atomic mass is 79.9. The lowest BCUT2D eigenvalue weighted by Gasteiger charge is -2.10. The van der Waals surface area contributed by atoms with Gasteiger partial charge in [-0.2, -0.15) is 0 Å². The van der Waals surface area contributed by atoms with Crippen molar-refractivity contribution < 1.29 is 0 Å². The Bertz CT molecular complexity index is 1480. The van der Waals surface area contributed by atoms with Gasteiger partial charge in [0, 0.05) is 41.3 Å². The van der Waals surface area contributed by atoms with Gasteiger partial charge in [0.05, 0.1) is 0 Å². The van der Waals surface area contributed by atoms with Crippen LogP contribution in [0.25, 0.3) is 22.3 Å². The van der Waals surface area contributed by atoms with Gasteiger partial charge in [0.25, 0.3) is 11.1 Å². The first kappa shape index (κ1) is 20.5. The second-order valence-corrected chi connectivity index (χ2v) is 8.24. The Hall–Kier alpha value is -2.74. The fourth-order valence-corrected chi connectivity index (χ4v) is 4.49. The molecule has 4 aromatic rings. The Morgan fingerprint density at radius 1 is 0.633 bits per heavy atom. The minimum atomic E-state index is -0.475. The largest absolute Gasteiger partial charge is 0.332 e. The van der Waals surface area contributed by atoms with E-state index in [4.69, 9.17) is 0 Å². The zero-order valence-electron chi connectivity index (χ0n) is 16.4. The minimum Gasteiger partial charge on any atom is -0.311 e. The molecule has 4 aromatic heterocycles. The van der Waals surface area contributed by atoms with Crippen molar-refractivity contribution in [3.63, 3.8) is 0 Å². The molecule has 4 rings (SSSR count). The molecule has 0 unspecified atom stereocenters. The molecule has 0 spiro atoms. The number of hydrogen-bond acceptors (Lipinski definition) is 6. The number of halogens is 2. The molecule has 0 radical (unpaired) electrons. The van der Waals surface area contributed by atoms with Gasteiger partial charge in [-0.3, -0.25) is 27.9 Å². The van der Waals surface area contributed by atoms with Crippen molar-refractivity contribution in [2.24, 2.45) is 28.2 Å². The fraction of sp³-hybridized carbons (Fsp3) is 0.375. The van der Waals surface area contributed by atoms with Gasteiger partial charge in [-0.1, -0.05) is 0 Å². The van der Waals surface area contributed by atoms with Crippen LogP contribution in [-0.2, 0) is 41.3 Å². The average Bonchev–Trinajstić information content (AvgIpc) is 3.22. The van der Waals surface area contributed by atoms with Gasteiger partial charge in [-0.05, 0) is 31.9 Å². The predicted molar refractivity (Wildman–Crippen MR) is 116 cm³/mol. The molecule has 0 saturated carbocycles. The van der Waals surface area contributed by atoms with Gasteiger partial charge < -0.3 is 9.13 Å². The van der Waals surface area contributed by atoms with E-state index in [1.54, 1.807) is 9.13 Å². The summed E-state index contributed by atoms with van der Waals surface area (Å²) in [5, 5.41) is 0. The summed E-state index contributed by atoms with van der Waals surface area (Å²) in [5.74, 6) is 0. The van der Waals surface area contributed by atoms with E-state index in [-0.39, 0.29) is 35.4 Å². The molecule has 0 saturated heterocycles. The second-order valence-electron chi connectivity index (χ2n) is 6.82. The topological polar surface area (TPSA) is 124 Å². The highest BCUT2D eigenvalue weighted by molar-refractivity contribution is 9.10. The number of rotatable bonds is 3. The zero-order valence-corrected chi connectivity index (χ0v) is 19.6. The van der Waals surface area contributed by atoms with E-state index < -0.39 is 22.5 Å². The summed E-state index contributed by atoms with van der Waals surface area (Å²) in [6, 6.07) is 0. The summed E-state index contributed by atoms with van der Waals surface area (Å²) >= 11 is 6.69. The van der Waals surface area contributed by atoms with E-state index in [0.717, 1.165) is 9.13 Å². The Morgan fingerprint density at radius 3 is 1.30 bits per heavy atom. The third-order valence-electron chi connectivity index (χ3n) is 5.15. The molecule has 0 bridgehead atoms. The minimum absolute atomic E-state index is 0.251. The standard InChI is InChI=1S/C16H16Br2N8O4/c1-21-9-7(11(27)23(3)15(21)29)25(13(17)19-9)5-6-26-8-10(20-14(26)18)22(2)16(30)24(4)12(8)28/h5-6H2,1-4H3. The van der Waals surface area contributed by atoms with Crippen LogP contribution >= 0.6 is 31.9 Å². The maximum atomic E-state index is 12.7. The van der Waals surface area contributed by atoms with Crippen molar-refractivity contribution in [1.82, 2.24) is 37.4 Å². The molecule has 0 aromatic carbocycles. The molecule has 12 nitrogen and oxygen atoms in total. The van der Waals surface area contributed by atoms with Crippen LogP contribution in [0.15, 0.2) is 28.6 Å². The molecule has 0 fully saturated rings. The SMILES string of the molecule is Cn1c(=O)c2c(nc(Br)n2CCn2c(Br)nc3c2c(=O)n(C)c(=O)n3C)n(C)c1=O. The van der Waals surface area contributed by atoms with E-state index in [1.807, 2.05) is 0 Å². The molecule has 158 valence electrons. The number of aryl methyl sites for hydroxylation is 4. The van der Waals surface area contributed by atoms with Gasteiger partial charge >= 0.3 is 11.4 Å². The molecule has 0 aliphatic heterocycles. The number of fused-ring (bicyclic) bond motifs is 2. The van der Waals surface area contributed by atoms with Crippen LogP contribution in [0, 0.1) is 0 Å². The maximum Gasteiger partial charge on any atom is 0.332 e. The highest BCUT2D eigenvalue weighted by Gasteiger charge is 2.21. The molecule has 0 atom stereocenters. The zero-order chi connectivity index (χ0) is 22.1. The third kappa shape index (κ3) is 2.70. The van der Waals surface area contributed by atoms with Gasteiger partial charge in [0.2, 0.25) is 0 Å². The van der Waals surface area contributed by atoms with Gasteiger partial charge in [-0.15, -0.1) is 0 Å². The summed E-state index contributed by atoms with van der Waals surface area (Å²) in [6.45, 7) is 0.501. The summed E-state index contributed by atoms with van der Waals surface area (Å²) in [6.07, 6.45) is 0. The lowest BCUT2D eigenvalue weighted by Crippen LogP contribution is -2.38. The number of aromatic nitrogens is 8. The van der Waals surface area contributed by atoms with E-state index in [1.165, 1.54) is 37.3 Å². The molecule has 30 heavy (non-hydrogen) atoms. The lowest BCUT2D eigenvalue weighted by molar-refractivity contribution is 0.578. The molecule has 0 aliphatic carbocycles. The summed E-state index contributed by atoms with van der Waals surface area (Å²) < 4.78 is 8.62. The van der Waals surface area contributed by atoms with Crippen LogP contribution in [0.5, 0.6) is 0 Å². The van der Waals surface area contributed by atoms with Crippen molar-refractivity contribution in [2.45, 2.75) is 13.1 Å².